The van der Waals surface area contributed by atoms with E-state index >= 15 is 0 Å². The number of hydrogen-bond acceptors (Lipinski definition) is 3. The van der Waals surface area contributed by atoms with Gasteiger partial charge in [0.05, 0.1) is 11.2 Å². The summed E-state index contributed by atoms with van der Waals surface area (Å²) in [6.45, 7) is 4.73. The number of rotatable bonds is 1. The van der Waals surface area contributed by atoms with E-state index in [2.05, 4.69) is 0 Å². The van der Waals surface area contributed by atoms with Crippen LogP contribution in [0.15, 0.2) is 18.2 Å². The molecule has 18 heavy (non-hydrogen) atoms. The van der Waals surface area contributed by atoms with Crippen molar-refractivity contribution in [2.45, 2.75) is 32.3 Å². The lowest BCUT2D eigenvalue weighted by Gasteiger charge is -2.35. The lowest BCUT2D eigenvalue weighted by Crippen LogP contribution is -2.45. The number of likely N-dealkylation sites (tertiary alicyclic amines) is 1. The van der Waals surface area contributed by atoms with Crippen molar-refractivity contribution in [1.29, 1.82) is 0 Å². The van der Waals surface area contributed by atoms with Crippen LogP contribution in [0.25, 0.3) is 0 Å². The third-order valence-corrected chi connectivity index (χ3v) is 3.51. The van der Waals surface area contributed by atoms with E-state index in [-0.39, 0.29) is 11.7 Å². The number of phenols is 1. The minimum absolute atomic E-state index is 0.0166. The molecule has 2 rings (SSSR count). The van der Waals surface area contributed by atoms with Gasteiger partial charge in [-0.1, -0.05) is 11.6 Å². The minimum Gasteiger partial charge on any atom is -0.507 e. The molecule has 1 aliphatic rings. The Balaban J connectivity index is 2.15. The van der Waals surface area contributed by atoms with E-state index in [1.54, 1.807) is 30.0 Å². The number of nitrogens with zero attached hydrogens (tertiary/aromatic N) is 1. The second-order valence-electron chi connectivity index (χ2n) is 5.31. The number of piperidine rings is 1. The first-order chi connectivity index (χ1) is 8.39. The Morgan fingerprint density at radius 1 is 1.33 bits per heavy atom. The van der Waals surface area contributed by atoms with Gasteiger partial charge in [-0.2, -0.15) is 0 Å². The van der Waals surface area contributed by atoms with Crippen LogP contribution in [0, 0.1) is 6.92 Å². The number of benzene rings is 1. The van der Waals surface area contributed by atoms with Crippen LogP contribution < -0.4 is 0 Å². The highest BCUT2D eigenvalue weighted by Gasteiger charge is 2.30. The van der Waals surface area contributed by atoms with Crippen molar-refractivity contribution >= 4 is 5.91 Å². The molecule has 1 heterocycles. The molecule has 1 aromatic carbocycles. The fourth-order valence-corrected chi connectivity index (χ4v) is 2.18. The molecule has 1 saturated heterocycles. The molecule has 4 nitrogen and oxygen atoms in total. The summed E-state index contributed by atoms with van der Waals surface area (Å²) in [7, 11) is 0. The van der Waals surface area contributed by atoms with E-state index in [9.17, 15) is 15.0 Å². The van der Waals surface area contributed by atoms with Crippen LogP contribution in [0.4, 0.5) is 0 Å². The highest BCUT2D eigenvalue weighted by Crippen LogP contribution is 2.25. The number of phenolic OH excluding ortho intramolecular Hbond substituents is 1. The van der Waals surface area contributed by atoms with E-state index in [1.807, 2.05) is 6.92 Å². The first-order valence-electron chi connectivity index (χ1n) is 6.20. The van der Waals surface area contributed by atoms with Crippen LogP contribution in [0.3, 0.4) is 0 Å². The molecule has 0 radical (unpaired) electrons. The second kappa shape index (κ2) is 4.61. The fraction of sp³-hybridized carbons (Fsp3) is 0.500. The van der Waals surface area contributed by atoms with E-state index in [1.165, 1.54) is 0 Å². The topological polar surface area (TPSA) is 60.8 Å². The number of aliphatic hydroxyl groups is 1. The Bertz CT molecular complexity index is 458. The maximum absolute atomic E-state index is 12.3. The highest BCUT2D eigenvalue weighted by molar-refractivity contribution is 5.97. The number of aromatic hydroxyl groups is 1. The quantitative estimate of drug-likeness (QED) is 0.796. The summed E-state index contributed by atoms with van der Waals surface area (Å²) < 4.78 is 0. The van der Waals surface area contributed by atoms with Gasteiger partial charge >= 0.3 is 0 Å². The lowest BCUT2D eigenvalue weighted by atomic mass is 9.93. The van der Waals surface area contributed by atoms with Crippen LogP contribution in [0.5, 0.6) is 5.75 Å². The van der Waals surface area contributed by atoms with E-state index < -0.39 is 5.60 Å². The van der Waals surface area contributed by atoms with Crippen molar-refractivity contribution in [3.05, 3.63) is 29.3 Å². The second-order valence-corrected chi connectivity index (χ2v) is 5.31. The normalized spacial score (nSPS) is 18.7. The number of carbonyl (C=O) groups is 1. The zero-order valence-corrected chi connectivity index (χ0v) is 10.8. The highest BCUT2D eigenvalue weighted by atomic mass is 16.3. The van der Waals surface area contributed by atoms with Gasteiger partial charge in [0.1, 0.15) is 5.75 Å². The molecule has 0 unspecified atom stereocenters. The predicted molar refractivity (Wildman–Crippen MR) is 68.6 cm³/mol. The molecule has 2 N–H and O–H groups in total. The van der Waals surface area contributed by atoms with Gasteiger partial charge in [0.25, 0.3) is 5.91 Å². The van der Waals surface area contributed by atoms with Gasteiger partial charge in [0, 0.05) is 13.1 Å². The Hall–Kier alpha value is -1.55. The summed E-state index contributed by atoms with van der Waals surface area (Å²) in [5.41, 5.74) is 0.613. The van der Waals surface area contributed by atoms with Gasteiger partial charge in [0.15, 0.2) is 0 Å². The zero-order chi connectivity index (χ0) is 13.3. The van der Waals surface area contributed by atoms with Crippen molar-refractivity contribution in [2.24, 2.45) is 0 Å². The van der Waals surface area contributed by atoms with E-state index in [0.29, 0.717) is 31.5 Å². The molecule has 0 spiro atoms. The molecular formula is C14H19NO3. The molecule has 1 aromatic rings. The number of hydrogen-bond donors (Lipinski definition) is 2. The summed E-state index contributed by atoms with van der Waals surface area (Å²) in [6, 6.07) is 5.01. The molecule has 98 valence electrons. The Morgan fingerprint density at radius 2 is 1.94 bits per heavy atom. The molecule has 0 bridgehead atoms. The first kappa shape index (κ1) is 12.9. The molecule has 4 heteroatoms. The Morgan fingerprint density at radius 3 is 2.56 bits per heavy atom. The largest absolute Gasteiger partial charge is 0.507 e. The Kier molecular flexibility index (Phi) is 3.30. The monoisotopic (exact) mass is 249 g/mol. The standard InChI is InChI=1S/C14H19NO3/c1-10-3-4-12(16)11(9-10)13(17)15-7-5-14(2,18)6-8-15/h3-4,9,16,18H,5-8H2,1-2H3. The van der Waals surface area contributed by atoms with Crippen molar-refractivity contribution < 1.29 is 15.0 Å². The fourth-order valence-electron chi connectivity index (χ4n) is 2.18. The minimum atomic E-state index is -0.675. The molecule has 1 aliphatic heterocycles. The summed E-state index contributed by atoms with van der Waals surface area (Å²) in [4.78, 5) is 14.0. The van der Waals surface area contributed by atoms with Crippen LogP contribution >= 0.6 is 0 Å². The molecule has 0 atom stereocenters. The van der Waals surface area contributed by atoms with E-state index in [0.717, 1.165) is 5.56 Å². The van der Waals surface area contributed by atoms with Gasteiger partial charge in [-0.05, 0) is 38.8 Å². The summed E-state index contributed by atoms with van der Waals surface area (Å²) in [5, 5.41) is 19.6. The van der Waals surface area contributed by atoms with Gasteiger partial charge in [-0.3, -0.25) is 4.79 Å². The summed E-state index contributed by atoms with van der Waals surface area (Å²) in [5.74, 6) is -0.144. The third kappa shape index (κ3) is 2.64. The third-order valence-electron chi connectivity index (χ3n) is 3.51. The van der Waals surface area contributed by atoms with Crippen molar-refractivity contribution in [3.63, 3.8) is 0 Å². The number of carbonyl (C=O) groups excluding carboxylic acids is 1. The van der Waals surface area contributed by atoms with E-state index in [4.69, 9.17) is 0 Å². The first-order valence-corrected chi connectivity index (χ1v) is 6.20. The summed E-state index contributed by atoms with van der Waals surface area (Å²) in [6.07, 6.45) is 1.15. The number of amides is 1. The molecule has 0 aromatic heterocycles. The van der Waals surface area contributed by atoms with Crippen molar-refractivity contribution in [2.75, 3.05) is 13.1 Å². The van der Waals surface area contributed by atoms with Crippen molar-refractivity contribution in [1.82, 2.24) is 4.90 Å². The van der Waals surface area contributed by atoms with Gasteiger partial charge in [-0.15, -0.1) is 0 Å². The van der Waals surface area contributed by atoms with Gasteiger partial charge in [0.2, 0.25) is 0 Å². The van der Waals surface area contributed by atoms with Crippen LogP contribution in [0.2, 0.25) is 0 Å². The molecule has 0 saturated carbocycles. The molecule has 1 fully saturated rings. The average Bonchev–Trinajstić information content (AvgIpc) is 2.31. The van der Waals surface area contributed by atoms with Gasteiger partial charge in [-0.25, -0.2) is 0 Å². The van der Waals surface area contributed by atoms with Gasteiger partial charge < -0.3 is 15.1 Å². The smallest absolute Gasteiger partial charge is 0.257 e. The SMILES string of the molecule is Cc1ccc(O)c(C(=O)N2CCC(C)(O)CC2)c1. The number of aryl methyl sites for hydroxylation is 1. The van der Waals surface area contributed by atoms with Crippen LogP contribution in [0.1, 0.15) is 35.7 Å². The molecule has 0 aliphatic carbocycles. The molecule has 1 amide bonds. The maximum Gasteiger partial charge on any atom is 0.257 e. The van der Waals surface area contributed by atoms with Crippen LogP contribution in [-0.2, 0) is 0 Å². The van der Waals surface area contributed by atoms with Crippen molar-refractivity contribution in [3.8, 4) is 5.75 Å². The average molecular weight is 249 g/mol. The molecular weight excluding hydrogens is 230 g/mol. The summed E-state index contributed by atoms with van der Waals surface area (Å²) >= 11 is 0. The predicted octanol–water partition coefficient (Wildman–Crippen LogP) is 1.69. The zero-order valence-electron chi connectivity index (χ0n) is 10.8. The maximum atomic E-state index is 12.3. The Labute approximate surface area is 107 Å². The van der Waals surface area contributed by atoms with Crippen LogP contribution in [-0.4, -0.2) is 39.7 Å². The lowest BCUT2D eigenvalue weighted by molar-refractivity contribution is -0.00208.